The molecule has 0 saturated heterocycles. The van der Waals surface area contributed by atoms with E-state index in [-0.39, 0.29) is 18.4 Å². The van der Waals surface area contributed by atoms with Gasteiger partial charge in [0.05, 0.1) is 12.1 Å². The molecule has 20 heavy (non-hydrogen) atoms. The Labute approximate surface area is 117 Å². The number of carboxylic acids is 1. The Morgan fingerprint density at radius 2 is 2.00 bits per heavy atom. The molecule has 0 bridgehead atoms. The highest BCUT2D eigenvalue weighted by Gasteiger charge is 2.39. The first-order valence-corrected chi connectivity index (χ1v) is 6.97. The van der Waals surface area contributed by atoms with E-state index in [0.29, 0.717) is 5.75 Å². The minimum absolute atomic E-state index is 0.170. The molecule has 1 aliphatic heterocycles. The van der Waals surface area contributed by atoms with Gasteiger partial charge in [-0.3, -0.25) is 9.59 Å². The van der Waals surface area contributed by atoms with Gasteiger partial charge in [0.25, 0.3) is 5.91 Å². The molecule has 5 heteroatoms. The van der Waals surface area contributed by atoms with Gasteiger partial charge in [0.1, 0.15) is 5.75 Å². The lowest BCUT2D eigenvalue weighted by Crippen LogP contribution is -2.50. The van der Waals surface area contributed by atoms with Gasteiger partial charge in [-0.25, -0.2) is 0 Å². The fourth-order valence-electron chi connectivity index (χ4n) is 3.06. The molecule has 1 atom stereocenters. The molecule has 0 radical (unpaired) electrons. The van der Waals surface area contributed by atoms with E-state index < -0.39 is 12.1 Å². The van der Waals surface area contributed by atoms with E-state index in [1.807, 2.05) is 18.2 Å². The summed E-state index contributed by atoms with van der Waals surface area (Å²) in [6, 6.07) is 7.53. The summed E-state index contributed by atoms with van der Waals surface area (Å²) in [4.78, 5) is 25.2. The Morgan fingerprint density at radius 3 is 2.70 bits per heavy atom. The molecule has 5 nitrogen and oxygen atoms in total. The second-order valence-corrected chi connectivity index (χ2v) is 5.32. The molecule has 0 spiro atoms. The van der Waals surface area contributed by atoms with Crippen molar-refractivity contribution in [1.29, 1.82) is 0 Å². The van der Waals surface area contributed by atoms with Crippen LogP contribution in [0, 0.1) is 0 Å². The van der Waals surface area contributed by atoms with Crippen LogP contribution in [0.2, 0.25) is 0 Å². The van der Waals surface area contributed by atoms with Crippen molar-refractivity contribution in [2.45, 2.75) is 44.2 Å². The van der Waals surface area contributed by atoms with Crippen LogP contribution in [0.25, 0.3) is 0 Å². The fraction of sp³-hybridized carbons (Fsp3) is 0.467. The molecule has 0 aromatic heterocycles. The lowest BCUT2D eigenvalue weighted by atomic mass is 10.1. The molecule has 1 amide bonds. The minimum Gasteiger partial charge on any atom is -0.481 e. The van der Waals surface area contributed by atoms with E-state index in [2.05, 4.69) is 0 Å². The van der Waals surface area contributed by atoms with Crippen LogP contribution in [0.15, 0.2) is 24.3 Å². The standard InChI is InChI=1S/C15H17NO4/c17-14(18)9-13-15(19)16(10-5-1-2-6-10)11-7-3-4-8-12(11)20-13/h3-4,7-8,10,13H,1-2,5-6,9H2,(H,17,18). The normalized spacial score (nSPS) is 22.5. The Hall–Kier alpha value is -2.04. The van der Waals surface area contributed by atoms with Crippen LogP contribution in [0.1, 0.15) is 32.1 Å². The number of aliphatic carboxylic acids is 1. The number of ether oxygens (including phenoxy) is 1. The van der Waals surface area contributed by atoms with E-state index in [4.69, 9.17) is 9.84 Å². The number of carbonyl (C=O) groups is 2. The highest BCUT2D eigenvalue weighted by Crippen LogP contribution is 2.39. The quantitative estimate of drug-likeness (QED) is 0.918. The summed E-state index contributed by atoms with van der Waals surface area (Å²) in [5, 5.41) is 8.93. The lowest BCUT2D eigenvalue weighted by molar-refractivity contribution is -0.142. The summed E-state index contributed by atoms with van der Waals surface area (Å²) in [7, 11) is 0. The molecule has 1 saturated carbocycles. The van der Waals surface area contributed by atoms with Crippen molar-refractivity contribution < 1.29 is 19.4 Å². The van der Waals surface area contributed by atoms with Crippen LogP contribution in [0.3, 0.4) is 0 Å². The van der Waals surface area contributed by atoms with Gasteiger partial charge in [-0.2, -0.15) is 0 Å². The maximum atomic E-state index is 12.5. The highest BCUT2D eigenvalue weighted by molar-refractivity contribution is 6.02. The molecule has 3 rings (SSSR count). The maximum Gasteiger partial charge on any atom is 0.307 e. The van der Waals surface area contributed by atoms with Crippen LogP contribution in [-0.2, 0) is 9.59 Å². The summed E-state index contributed by atoms with van der Waals surface area (Å²) < 4.78 is 5.57. The van der Waals surface area contributed by atoms with Crippen molar-refractivity contribution in [1.82, 2.24) is 0 Å². The van der Waals surface area contributed by atoms with Crippen LogP contribution in [0.5, 0.6) is 5.75 Å². The number of rotatable bonds is 3. The molecule has 1 fully saturated rings. The summed E-state index contributed by atoms with van der Waals surface area (Å²) in [6.45, 7) is 0. The maximum absolute atomic E-state index is 12.5. The van der Waals surface area contributed by atoms with Gasteiger partial charge in [-0.15, -0.1) is 0 Å². The van der Waals surface area contributed by atoms with Crippen LogP contribution < -0.4 is 9.64 Å². The summed E-state index contributed by atoms with van der Waals surface area (Å²) >= 11 is 0. The summed E-state index contributed by atoms with van der Waals surface area (Å²) in [5.41, 5.74) is 0.769. The first-order valence-electron chi connectivity index (χ1n) is 6.97. The Kier molecular flexibility index (Phi) is 3.34. The predicted octanol–water partition coefficient (Wildman–Crippen LogP) is 2.20. The lowest BCUT2D eigenvalue weighted by Gasteiger charge is -2.37. The Balaban J connectivity index is 1.96. The smallest absolute Gasteiger partial charge is 0.307 e. The minimum atomic E-state index is -1.02. The number of anilines is 1. The zero-order valence-corrected chi connectivity index (χ0v) is 11.1. The summed E-state index contributed by atoms with van der Waals surface area (Å²) in [5.74, 6) is -0.641. The summed E-state index contributed by atoms with van der Waals surface area (Å²) in [6.07, 6.45) is 2.96. The number of para-hydroxylation sites is 2. The highest BCUT2D eigenvalue weighted by atomic mass is 16.5. The topological polar surface area (TPSA) is 66.8 Å². The molecule has 106 valence electrons. The van der Waals surface area contributed by atoms with Gasteiger partial charge in [0.2, 0.25) is 0 Å². The van der Waals surface area contributed by atoms with Gasteiger partial charge in [-0.05, 0) is 25.0 Å². The first kappa shape index (κ1) is 13.0. The number of carbonyl (C=O) groups excluding carboxylic acids is 1. The van der Waals surface area contributed by atoms with Crippen molar-refractivity contribution >= 4 is 17.6 Å². The molecular weight excluding hydrogens is 258 g/mol. The van der Waals surface area contributed by atoms with Gasteiger partial charge < -0.3 is 14.7 Å². The molecule has 1 aromatic rings. The largest absolute Gasteiger partial charge is 0.481 e. The number of amides is 1. The van der Waals surface area contributed by atoms with Gasteiger partial charge in [0, 0.05) is 6.04 Å². The SMILES string of the molecule is O=C(O)CC1Oc2ccccc2N(C2CCCC2)C1=O. The van der Waals surface area contributed by atoms with Crippen molar-refractivity contribution in [2.24, 2.45) is 0 Å². The molecule has 1 aliphatic carbocycles. The number of carboxylic acid groups (broad SMARTS) is 1. The van der Waals surface area contributed by atoms with Gasteiger partial charge in [-0.1, -0.05) is 25.0 Å². The molecule has 1 heterocycles. The van der Waals surface area contributed by atoms with Crippen molar-refractivity contribution in [3.05, 3.63) is 24.3 Å². The average Bonchev–Trinajstić information content (AvgIpc) is 2.93. The first-order chi connectivity index (χ1) is 9.66. The number of nitrogens with zero attached hydrogens (tertiary/aromatic N) is 1. The zero-order chi connectivity index (χ0) is 14.1. The zero-order valence-electron chi connectivity index (χ0n) is 11.1. The second kappa shape index (κ2) is 5.15. The van der Waals surface area contributed by atoms with Crippen molar-refractivity contribution in [3.8, 4) is 5.75 Å². The van der Waals surface area contributed by atoms with Gasteiger partial charge in [0.15, 0.2) is 6.10 Å². The number of hydrogen-bond acceptors (Lipinski definition) is 3. The average molecular weight is 275 g/mol. The van der Waals surface area contributed by atoms with Crippen LogP contribution >= 0.6 is 0 Å². The number of fused-ring (bicyclic) bond motifs is 1. The third kappa shape index (κ3) is 2.24. The molecule has 1 aromatic carbocycles. The third-order valence-electron chi connectivity index (χ3n) is 3.96. The third-order valence-corrected chi connectivity index (χ3v) is 3.96. The fourth-order valence-corrected chi connectivity index (χ4v) is 3.06. The molecule has 1 unspecified atom stereocenters. The van der Waals surface area contributed by atoms with Crippen molar-refractivity contribution in [3.63, 3.8) is 0 Å². The van der Waals surface area contributed by atoms with E-state index in [9.17, 15) is 9.59 Å². The predicted molar refractivity (Wildman–Crippen MR) is 72.9 cm³/mol. The van der Waals surface area contributed by atoms with Crippen molar-refractivity contribution in [2.75, 3.05) is 4.90 Å². The van der Waals surface area contributed by atoms with Gasteiger partial charge >= 0.3 is 5.97 Å². The van der Waals surface area contributed by atoms with Crippen LogP contribution in [0.4, 0.5) is 5.69 Å². The molecule has 1 N–H and O–H groups in total. The number of benzene rings is 1. The second-order valence-electron chi connectivity index (χ2n) is 5.32. The van der Waals surface area contributed by atoms with E-state index in [1.54, 1.807) is 11.0 Å². The van der Waals surface area contributed by atoms with Crippen LogP contribution in [-0.4, -0.2) is 29.1 Å². The van der Waals surface area contributed by atoms with E-state index in [1.165, 1.54) is 0 Å². The van der Waals surface area contributed by atoms with E-state index >= 15 is 0 Å². The molecular formula is C15H17NO4. The Bertz CT molecular complexity index is 536. The van der Waals surface area contributed by atoms with E-state index in [0.717, 1.165) is 31.4 Å². The number of hydrogen-bond donors (Lipinski definition) is 1. The monoisotopic (exact) mass is 275 g/mol. The molecule has 2 aliphatic rings. The Morgan fingerprint density at radius 1 is 1.30 bits per heavy atom.